The molecule has 3 N–H and O–H groups in total. The Bertz CT molecular complexity index is 1290. The molecule has 4 rings (SSSR count). The van der Waals surface area contributed by atoms with E-state index in [0.717, 1.165) is 29.6 Å². The number of hydrogen-bond donors (Lipinski definition) is 3. The number of benzene rings is 2. The van der Waals surface area contributed by atoms with Crippen LogP contribution < -0.4 is 5.48 Å². The van der Waals surface area contributed by atoms with Gasteiger partial charge < -0.3 is 14.6 Å². The van der Waals surface area contributed by atoms with Gasteiger partial charge in [-0.1, -0.05) is 42.5 Å². The molecule has 1 unspecified atom stereocenters. The van der Waals surface area contributed by atoms with Crippen LogP contribution in [-0.2, 0) is 20.8 Å². The highest BCUT2D eigenvalue weighted by Crippen LogP contribution is 2.29. The number of amides is 1. The second-order valence-corrected chi connectivity index (χ2v) is 10.5. The van der Waals surface area contributed by atoms with E-state index in [9.17, 15) is 9.59 Å². The minimum absolute atomic E-state index is 0.0181. The molecule has 202 valence electrons. The third-order valence-electron chi connectivity index (χ3n) is 6.58. The van der Waals surface area contributed by atoms with Crippen molar-refractivity contribution in [2.75, 3.05) is 26.2 Å². The first-order chi connectivity index (χ1) is 18.1. The Morgan fingerprint density at radius 1 is 1.13 bits per heavy atom. The van der Waals surface area contributed by atoms with Crippen LogP contribution in [0.3, 0.4) is 0 Å². The molecule has 0 saturated carbocycles. The van der Waals surface area contributed by atoms with E-state index in [1.54, 1.807) is 16.6 Å². The molecule has 1 saturated heterocycles. The van der Waals surface area contributed by atoms with E-state index in [-0.39, 0.29) is 6.04 Å². The summed E-state index contributed by atoms with van der Waals surface area (Å²) in [7, 11) is 0. The topological polar surface area (TPSA) is 107 Å². The maximum absolute atomic E-state index is 12.3. The highest BCUT2D eigenvalue weighted by Gasteiger charge is 2.31. The number of hydrogen-bond acceptors (Lipinski definition) is 7. The molecule has 2 heterocycles. The van der Waals surface area contributed by atoms with Gasteiger partial charge in [0.2, 0.25) is 0 Å². The summed E-state index contributed by atoms with van der Waals surface area (Å²) >= 11 is 0. The van der Waals surface area contributed by atoms with Crippen molar-refractivity contribution in [2.45, 2.75) is 45.8 Å². The molecule has 0 aliphatic carbocycles. The third kappa shape index (κ3) is 7.00. The van der Waals surface area contributed by atoms with E-state index >= 15 is 0 Å². The molecule has 1 aliphatic heterocycles. The van der Waals surface area contributed by atoms with Crippen LogP contribution in [0.1, 0.15) is 49.2 Å². The normalized spacial score (nSPS) is 17.1. The molecule has 9 nitrogen and oxygen atoms in total. The van der Waals surface area contributed by atoms with Crippen LogP contribution in [0.15, 0.2) is 54.6 Å². The van der Waals surface area contributed by atoms with Gasteiger partial charge in [0.05, 0.1) is 12.6 Å². The maximum Gasteiger partial charge on any atom is 0.528 e. The number of hydroxylamine groups is 3. The van der Waals surface area contributed by atoms with Gasteiger partial charge in [0.15, 0.2) is 0 Å². The van der Waals surface area contributed by atoms with Crippen LogP contribution in [0.5, 0.6) is 0 Å². The number of ether oxygens (including phenoxy) is 1. The number of para-hydroxylation sites is 1. The summed E-state index contributed by atoms with van der Waals surface area (Å²) in [6.07, 6.45) is 3.07. The molecular formula is C29H36N4O5. The number of aromatic amines is 1. The number of rotatable bonds is 7. The molecule has 1 fully saturated rings. The highest BCUT2D eigenvalue weighted by molar-refractivity contribution is 5.90. The zero-order valence-electron chi connectivity index (χ0n) is 22.4. The van der Waals surface area contributed by atoms with Gasteiger partial charge in [-0.05, 0) is 62.9 Å². The molecule has 1 aliphatic rings. The monoisotopic (exact) mass is 520 g/mol. The first-order valence-corrected chi connectivity index (χ1v) is 12.8. The Morgan fingerprint density at radius 2 is 1.87 bits per heavy atom. The second-order valence-electron chi connectivity index (χ2n) is 10.5. The molecule has 1 amide bonds. The van der Waals surface area contributed by atoms with Gasteiger partial charge in [0.25, 0.3) is 5.91 Å². The minimum atomic E-state index is -0.707. The molecule has 38 heavy (non-hydrogen) atoms. The number of aromatic nitrogens is 1. The zero-order chi connectivity index (χ0) is 27.3. The molecule has 3 aromatic rings. The summed E-state index contributed by atoms with van der Waals surface area (Å²) in [6, 6.07) is 16.2. The van der Waals surface area contributed by atoms with Gasteiger partial charge in [-0.3, -0.25) is 14.9 Å². The fourth-order valence-corrected chi connectivity index (χ4v) is 4.79. The fraction of sp³-hybridized carbons (Fsp3) is 0.379. The van der Waals surface area contributed by atoms with Crippen LogP contribution in [0.2, 0.25) is 0 Å². The van der Waals surface area contributed by atoms with Crippen molar-refractivity contribution in [3.05, 3.63) is 77.0 Å². The average Bonchev–Trinajstić information content (AvgIpc) is 3.20. The number of carbonyl (C=O) groups is 2. The number of carbonyl (C=O) groups excluding carboxylic acids is 2. The predicted molar refractivity (Wildman–Crippen MR) is 145 cm³/mol. The Hall–Kier alpha value is -3.66. The summed E-state index contributed by atoms with van der Waals surface area (Å²) < 4.78 is 5.35. The van der Waals surface area contributed by atoms with Gasteiger partial charge in [-0.15, -0.1) is 5.06 Å². The average molecular weight is 521 g/mol. The molecule has 1 aromatic heterocycles. The first kappa shape index (κ1) is 27.4. The molecule has 2 aromatic carbocycles. The van der Waals surface area contributed by atoms with E-state index in [2.05, 4.69) is 35.0 Å². The SMILES string of the molecule is Cc1[nH]c2ccccc2c1CCN1CCN(OC(=O)OC(C)(C)C)CC1c1ccc(/C=C/C(=O)NO)cc1. The van der Waals surface area contributed by atoms with Gasteiger partial charge >= 0.3 is 6.16 Å². The standard InChI is InChI=1S/C29H36N4O5/c1-20-23(24-7-5-6-8-25(24)30-20)15-16-32-17-18-33(38-28(35)37-29(2,3)4)19-26(32)22-12-9-21(10-13-22)11-14-27(34)31-36/h5-14,26,30,36H,15-19H2,1-4H3,(H,31,34)/b14-11+. The van der Waals surface area contributed by atoms with Crippen molar-refractivity contribution >= 4 is 29.0 Å². The lowest BCUT2D eigenvalue weighted by atomic mass is 10.00. The quantitative estimate of drug-likeness (QED) is 0.178. The van der Waals surface area contributed by atoms with Gasteiger partial charge in [-0.25, -0.2) is 10.3 Å². The lowest BCUT2D eigenvalue weighted by Gasteiger charge is -2.40. The molecule has 1 atom stereocenters. The number of nitrogens with zero attached hydrogens (tertiary/aromatic N) is 2. The Morgan fingerprint density at radius 3 is 2.58 bits per heavy atom. The van der Waals surface area contributed by atoms with Crippen molar-refractivity contribution in [2.24, 2.45) is 0 Å². The van der Waals surface area contributed by atoms with Crippen LogP contribution in [-0.4, -0.2) is 64.0 Å². The lowest BCUT2D eigenvalue weighted by Crippen LogP contribution is -2.49. The first-order valence-electron chi connectivity index (χ1n) is 12.8. The molecule has 0 spiro atoms. The number of nitrogens with one attached hydrogen (secondary N) is 2. The van der Waals surface area contributed by atoms with Crippen molar-refractivity contribution in [3.8, 4) is 0 Å². The number of aryl methyl sites for hydroxylation is 1. The van der Waals surface area contributed by atoms with E-state index in [1.165, 1.54) is 22.7 Å². The number of piperazine rings is 1. The predicted octanol–water partition coefficient (Wildman–Crippen LogP) is 4.76. The fourth-order valence-electron chi connectivity index (χ4n) is 4.79. The lowest BCUT2D eigenvalue weighted by molar-refractivity contribution is -0.169. The van der Waals surface area contributed by atoms with Crippen LogP contribution in [0, 0.1) is 6.92 Å². The molecule has 0 radical (unpaired) electrons. The molecule has 9 heteroatoms. The van der Waals surface area contributed by atoms with Crippen molar-refractivity contribution in [3.63, 3.8) is 0 Å². The van der Waals surface area contributed by atoms with Crippen molar-refractivity contribution < 1.29 is 24.4 Å². The summed E-state index contributed by atoms with van der Waals surface area (Å²) in [5.74, 6) is -0.588. The second kappa shape index (κ2) is 11.8. The third-order valence-corrected chi connectivity index (χ3v) is 6.58. The largest absolute Gasteiger partial charge is 0.528 e. The maximum atomic E-state index is 12.3. The summed E-state index contributed by atoms with van der Waals surface area (Å²) in [5, 5.41) is 11.6. The van der Waals surface area contributed by atoms with Crippen molar-refractivity contribution in [1.82, 2.24) is 20.4 Å². The van der Waals surface area contributed by atoms with E-state index in [1.807, 2.05) is 51.1 Å². The summed E-state index contributed by atoms with van der Waals surface area (Å²) in [4.78, 5) is 35.1. The molecular weight excluding hydrogens is 484 g/mol. The highest BCUT2D eigenvalue weighted by atomic mass is 16.8. The van der Waals surface area contributed by atoms with Crippen LogP contribution in [0.4, 0.5) is 4.79 Å². The summed E-state index contributed by atoms with van der Waals surface area (Å²) in [5.41, 5.74) is 6.49. The Labute approximate surface area is 222 Å². The van der Waals surface area contributed by atoms with E-state index in [4.69, 9.17) is 14.8 Å². The zero-order valence-corrected chi connectivity index (χ0v) is 22.4. The van der Waals surface area contributed by atoms with Gasteiger partial charge in [0, 0.05) is 42.3 Å². The van der Waals surface area contributed by atoms with E-state index < -0.39 is 17.7 Å². The minimum Gasteiger partial charge on any atom is -0.427 e. The number of fused-ring (bicyclic) bond motifs is 1. The Kier molecular flexibility index (Phi) is 8.51. The van der Waals surface area contributed by atoms with Crippen LogP contribution in [0.25, 0.3) is 17.0 Å². The van der Waals surface area contributed by atoms with Crippen molar-refractivity contribution in [1.29, 1.82) is 0 Å². The smallest absolute Gasteiger partial charge is 0.427 e. The number of H-pyrrole nitrogens is 1. The van der Waals surface area contributed by atoms with Gasteiger partial charge in [-0.2, -0.15) is 0 Å². The van der Waals surface area contributed by atoms with Gasteiger partial charge in [0.1, 0.15) is 5.60 Å². The summed E-state index contributed by atoms with van der Waals surface area (Å²) in [6.45, 7) is 10.2. The Balaban J connectivity index is 1.52. The van der Waals surface area contributed by atoms with Crippen LogP contribution >= 0.6 is 0 Å². The van der Waals surface area contributed by atoms with E-state index in [0.29, 0.717) is 19.6 Å². The molecule has 0 bridgehead atoms.